The minimum atomic E-state index is -0.349. The number of nitrogens with zero attached hydrogens (tertiary/aromatic N) is 6. The third-order valence-corrected chi connectivity index (χ3v) is 8.22. The van der Waals surface area contributed by atoms with Crippen LogP contribution in [0.2, 0.25) is 0 Å². The van der Waals surface area contributed by atoms with Crippen LogP contribution in [0.4, 0.5) is 11.5 Å². The molecule has 0 radical (unpaired) electrons. The van der Waals surface area contributed by atoms with E-state index < -0.39 is 0 Å². The van der Waals surface area contributed by atoms with Crippen LogP contribution in [0.1, 0.15) is 42.7 Å². The van der Waals surface area contributed by atoms with Crippen molar-refractivity contribution in [1.82, 2.24) is 29.7 Å². The van der Waals surface area contributed by atoms with Crippen LogP contribution in [0.5, 0.6) is 11.9 Å². The number of methoxy groups -OCH3 is 1. The average molecular weight is 559 g/mol. The van der Waals surface area contributed by atoms with Crippen LogP contribution in [-0.4, -0.2) is 81.3 Å². The molecule has 3 aromatic heterocycles. The van der Waals surface area contributed by atoms with Gasteiger partial charge in [0.05, 0.1) is 36.7 Å². The van der Waals surface area contributed by atoms with Crippen molar-refractivity contribution < 1.29 is 19.0 Å². The molecule has 1 aliphatic carbocycles. The summed E-state index contributed by atoms with van der Waals surface area (Å²) in [5, 5.41) is 7.29. The molecule has 3 saturated heterocycles. The quantitative estimate of drug-likeness (QED) is 0.349. The number of piperazine rings is 1. The molecule has 12 nitrogen and oxygen atoms in total. The van der Waals surface area contributed by atoms with Gasteiger partial charge in [0.25, 0.3) is 11.8 Å². The van der Waals surface area contributed by atoms with Crippen LogP contribution < -0.4 is 25.0 Å². The van der Waals surface area contributed by atoms with E-state index in [4.69, 9.17) is 19.2 Å². The maximum Gasteiger partial charge on any atom is 0.317 e. The van der Waals surface area contributed by atoms with E-state index in [9.17, 15) is 4.79 Å². The monoisotopic (exact) mass is 558 g/mol. The molecule has 12 heteroatoms. The molecule has 2 unspecified atom stereocenters. The molecular weight excluding hydrogens is 524 g/mol. The summed E-state index contributed by atoms with van der Waals surface area (Å²) in [6, 6.07) is 4.66. The van der Waals surface area contributed by atoms with Crippen molar-refractivity contribution in [3.63, 3.8) is 0 Å². The van der Waals surface area contributed by atoms with E-state index in [2.05, 4.69) is 44.3 Å². The van der Waals surface area contributed by atoms with Gasteiger partial charge in [0.2, 0.25) is 5.65 Å². The van der Waals surface area contributed by atoms with E-state index in [-0.39, 0.29) is 17.5 Å². The number of benzene rings is 1. The fourth-order valence-electron chi connectivity index (χ4n) is 6.49. The predicted molar refractivity (Wildman–Crippen MR) is 153 cm³/mol. The minimum absolute atomic E-state index is 0.229. The molecule has 4 aromatic rings. The third kappa shape index (κ3) is 4.70. The summed E-state index contributed by atoms with van der Waals surface area (Å²) in [6.07, 6.45) is 7.35. The van der Waals surface area contributed by atoms with E-state index in [1.807, 2.05) is 25.3 Å². The lowest BCUT2D eigenvalue weighted by molar-refractivity contribution is -0.0379. The van der Waals surface area contributed by atoms with Crippen LogP contribution in [0.25, 0.3) is 16.6 Å². The Morgan fingerprint density at radius 2 is 1.98 bits per heavy atom. The van der Waals surface area contributed by atoms with Crippen molar-refractivity contribution in [2.45, 2.75) is 51.3 Å². The van der Waals surface area contributed by atoms with E-state index in [0.717, 1.165) is 49.3 Å². The number of hydrogen-bond acceptors (Lipinski definition) is 10. The summed E-state index contributed by atoms with van der Waals surface area (Å²) >= 11 is 0. The molecule has 1 saturated carbocycles. The lowest BCUT2D eigenvalue weighted by atomic mass is 9.75. The van der Waals surface area contributed by atoms with Gasteiger partial charge >= 0.3 is 6.01 Å². The first-order valence-electron chi connectivity index (χ1n) is 14.1. The summed E-state index contributed by atoms with van der Waals surface area (Å²) in [7, 11) is 1.53. The Kier molecular flexibility index (Phi) is 6.20. The van der Waals surface area contributed by atoms with Crippen molar-refractivity contribution in [2.75, 3.05) is 43.6 Å². The average Bonchev–Trinajstić information content (AvgIpc) is 3.64. The lowest BCUT2D eigenvalue weighted by Crippen LogP contribution is -2.54. The number of rotatable bonds is 7. The number of fused-ring (bicyclic) bond motifs is 3. The fourth-order valence-corrected chi connectivity index (χ4v) is 6.49. The van der Waals surface area contributed by atoms with Crippen molar-refractivity contribution in [1.29, 1.82) is 0 Å². The molecule has 4 fully saturated rings. The molecule has 41 heavy (non-hydrogen) atoms. The zero-order valence-electron chi connectivity index (χ0n) is 23.7. The third-order valence-electron chi connectivity index (χ3n) is 8.22. The summed E-state index contributed by atoms with van der Waals surface area (Å²) in [5.74, 6) is 0.943. The Morgan fingerprint density at radius 1 is 1.17 bits per heavy atom. The molecule has 2 bridgehead atoms. The Balaban J connectivity index is 1.24. The van der Waals surface area contributed by atoms with E-state index in [1.165, 1.54) is 7.11 Å². The topological polar surface area (TPSA) is 128 Å². The van der Waals surface area contributed by atoms with Crippen LogP contribution in [0.15, 0.2) is 30.7 Å². The smallest absolute Gasteiger partial charge is 0.317 e. The van der Waals surface area contributed by atoms with Crippen LogP contribution >= 0.6 is 0 Å². The SMILES string of the molecule is COc1nc(NC(=O)c2ccc(N3CC(C)NC(C)C3)c3cnc(OCC45CC(CO4)C5)nc23)cn2cc(C)nc12. The zero-order valence-corrected chi connectivity index (χ0v) is 23.7. The zero-order chi connectivity index (χ0) is 28.3. The summed E-state index contributed by atoms with van der Waals surface area (Å²) in [5.41, 5.74) is 3.07. The van der Waals surface area contributed by atoms with Gasteiger partial charge in [-0.2, -0.15) is 9.97 Å². The van der Waals surface area contributed by atoms with Crippen molar-refractivity contribution >= 4 is 34.0 Å². The Morgan fingerprint density at radius 3 is 2.71 bits per heavy atom. The summed E-state index contributed by atoms with van der Waals surface area (Å²) < 4.78 is 19.2. The van der Waals surface area contributed by atoms with Crippen molar-refractivity contribution in [2.24, 2.45) is 5.92 Å². The van der Waals surface area contributed by atoms with Gasteiger partial charge in [0, 0.05) is 48.6 Å². The number of amides is 1. The predicted octanol–water partition coefficient (Wildman–Crippen LogP) is 2.99. The molecule has 1 amide bonds. The van der Waals surface area contributed by atoms with Gasteiger partial charge in [0.1, 0.15) is 12.2 Å². The van der Waals surface area contributed by atoms with Gasteiger partial charge in [-0.1, -0.05) is 0 Å². The molecular formula is C29H34N8O4. The van der Waals surface area contributed by atoms with Crippen molar-refractivity contribution in [3.8, 4) is 11.9 Å². The number of carbonyl (C=O) groups is 1. The molecule has 8 rings (SSSR count). The highest BCUT2D eigenvalue weighted by Crippen LogP contribution is 2.48. The van der Waals surface area contributed by atoms with Gasteiger partial charge in [0.15, 0.2) is 5.82 Å². The van der Waals surface area contributed by atoms with Gasteiger partial charge < -0.3 is 29.7 Å². The van der Waals surface area contributed by atoms with Gasteiger partial charge in [-0.15, -0.1) is 0 Å². The molecule has 0 spiro atoms. The van der Waals surface area contributed by atoms with Crippen LogP contribution in [0.3, 0.4) is 0 Å². The first-order chi connectivity index (χ1) is 19.8. The lowest BCUT2D eigenvalue weighted by Gasteiger charge is -2.38. The number of aryl methyl sites for hydroxylation is 1. The molecule has 3 aliphatic heterocycles. The second-order valence-corrected chi connectivity index (χ2v) is 11.7. The maximum absolute atomic E-state index is 13.7. The molecule has 2 atom stereocenters. The van der Waals surface area contributed by atoms with E-state index in [1.54, 1.807) is 16.8 Å². The molecule has 4 aliphatic rings. The molecule has 214 valence electrons. The number of anilines is 2. The minimum Gasteiger partial charge on any atom is -0.478 e. The molecule has 1 aromatic carbocycles. The Labute approximate surface area is 237 Å². The number of carbonyl (C=O) groups excluding carboxylic acids is 1. The standard InChI is InChI=1S/C29H34N8O4/c1-16-10-36(11-17(2)31-16)22-6-5-20(26(38)33-23-13-37-12-18(3)32-25(37)27(34-23)39-4)24-21(22)9-30-28(35-24)40-15-29-7-19(8-29)14-41-29/h5-6,9,12-13,16-17,19,31H,7-8,10-11,14-15H2,1-4H3,(H,33,38). The van der Waals surface area contributed by atoms with E-state index in [0.29, 0.717) is 53.0 Å². The second-order valence-electron chi connectivity index (χ2n) is 11.7. The highest BCUT2D eigenvalue weighted by molar-refractivity contribution is 6.13. The largest absolute Gasteiger partial charge is 0.478 e. The van der Waals surface area contributed by atoms with Crippen LogP contribution in [0, 0.1) is 12.8 Å². The number of nitrogens with one attached hydrogen (secondary N) is 2. The molecule has 2 N–H and O–H groups in total. The highest BCUT2D eigenvalue weighted by Gasteiger charge is 2.52. The van der Waals surface area contributed by atoms with E-state index >= 15 is 0 Å². The number of imidazole rings is 1. The first-order valence-corrected chi connectivity index (χ1v) is 14.1. The van der Waals surface area contributed by atoms with Gasteiger partial charge in [-0.3, -0.25) is 9.20 Å². The normalized spacial score (nSPS) is 25.4. The maximum atomic E-state index is 13.7. The fraction of sp³-hybridized carbons (Fsp3) is 0.483. The summed E-state index contributed by atoms with van der Waals surface area (Å²) in [6.45, 7) is 9.09. The number of ether oxygens (including phenoxy) is 3. The van der Waals surface area contributed by atoms with Gasteiger partial charge in [-0.05, 0) is 51.7 Å². The highest BCUT2D eigenvalue weighted by atomic mass is 16.6. The van der Waals surface area contributed by atoms with Crippen molar-refractivity contribution in [3.05, 3.63) is 42.0 Å². The number of hydrogen-bond donors (Lipinski definition) is 2. The number of aromatic nitrogens is 5. The Hall–Kier alpha value is -4.03. The Bertz CT molecular complexity index is 1630. The first kappa shape index (κ1) is 25.9. The second kappa shape index (κ2) is 9.81. The van der Waals surface area contributed by atoms with Gasteiger partial charge in [-0.25, -0.2) is 9.97 Å². The summed E-state index contributed by atoms with van der Waals surface area (Å²) in [4.78, 5) is 34.3. The molecule has 6 heterocycles. The van der Waals surface area contributed by atoms with Crippen LogP contribution in [-0.2, 0) is 4.74 Å².